The summed E-state index contributed by atoms with van der Waals surface area (Å²) in [5.74, 6) is 0. The van der Waals surface area contributed by atoms with Gasteiger partial charge >= 0.3 is 0 Å². The van der Waals surface area contributed by atoms with Crippen LogP contribution in [0.15, 0.2) is 47.0 Å². The molecule has 4 aromatic rings. The molecule has 1 saturated heterocycles. The van der Waals surface area contributed by atoms with Crippen molar-refractivity contribution < 1.29 is 4.42 Å². The van der Waals surface area contributed by atoms with Crippen molar-refractivity contribution in [2.45, 2.75) is 13.5 Å². The second-order valence-corrected chi connectivity index (χ2v) is 7.02. The van der Waals surface area contributed by atoms with Crippen molar-refractivity contribution >= 4 is 28.0 Å². The lowest BCUT2D eigenvalue weighted by atomic mass is 10.1. The zero-order valence-electron chi connectivity index (χ0n) is 14.8. The highest BCUT2D eigenvalue weighted by Gasteiger charge is 2.21. The van der Waals surface area contributed by atoms with E-state index in [9.17, 15) is 0 Å². The maximum absolute atomic E-state index is 5.94. The van der Waals surface area contributed by atoms with Crippen LogP contribution >= 0.6 is 0 Å². The molecule has 0 bridgehead atoms. The van der Waals surface area contributed by atoms with E-state index in [4.69, 9.17) is 4.42 Å². The molecule has 26 heavy (non-hydrogen) atoms. The molecule has 0 radical (unpaired) electrons. The smallest absolute Gasteiger partial charge is 0.298 e. The van der Waals surface area contributed by atoms with E-state index in [1.807, 2.05) is 12.3 Å². The lowest BCUT2D eigenvalue weighted by molar-refractivity contribution is 0.245. The van der Waals surface area contributed by atoms with Crippen LogP contribution in [0.3, 0.4) is 0 Å². The molecule has 0 unspecified atom stereocenters. The molecule has 1 aliphatic rings. The molecule has 0 atom stereocenters. The number of hydrogen-bond acceptors (Lipinski definition) is 5. The number of anilines is 1. The predicted molar refractivity (Wildman–Crippen MR) is 102 cm³/mol. The van der Waals surface area contributed by atoms with Crippen molar-refractivity contribution in [2.24, 2.45) is 0 Å². The van der Waals surface area contributed by atoms with Gasteiger partial charge in [-0.1, -0.05) is 18.2 Å². The standard InChI is InChI=1S/C20H21N5O/c1-14-2-5-19-18(10-14)22-20(26-19)25-8-6-24(7-9-25)13-15-3-4-16-12-21-23-17(16)11-15/h2-5,10-12H,6-9,13H2,1H3,(H,21,23). The number of aromatic nitrogens is 3. The summed E-state index contributed by atoms with van der Waals surface area (Å²) in [7, 11) is 0. The Bertz CT molecular complexity index is 1060. The molecular formula is C20H21N5O. The summed E-state index contributed by atoms with van der Waals surface area (Å²) in [4.78, 5) is 9.38. The van der Waals surface area contributed by atoms with Gasteiger partial charge in [0.05, 0.1) is 11.7 Å². The highest BCUT2D eigenvalue weighted by Crippen LogP contribution is 2.24. The monoisotopic (exact) mass is 347 g/mol. The summed E-state index contributed by atoms with van der Waals surface area (Å²) in [6, 6.07) is 13.4. The van der Waals surface area contributed by atoms with Gasteiger partial charge in [-0.15, -0.1) is 0 Å². The molecule has 5 rings (SSSR count). The zero-order valence-corrected chi connectivity index (χ0v) is 14.8. The van der Waals surface area contributed by atoms with E-state index in [2.05, 4.69) is 62.2 Å². The third-order valence-corrected chi connectivity index (χ3v) is 5.09. The van der Waals surface area contributed by atoms with Crippen molar-refractivity contribution in [3.05, 3.63) is 53.7 Å². The number of nitrogens with one attached hydrogen (secondary N) is 1. The van der Waals surface area contributed by atoms with E-state index in [0.717, 1.165) is 60.7 Å². The largest absolute Gasteiger partial charge is 0.423 e. The molecule has 6 nitrogen and oxygen atoms in total. The third kappa shape index (κ3) is 2.82. The molecule has 1 N–H and O–H groups in total. The number of aromatic amines is 1. The quantitative estimate of drug-likeness (QED) is 0.616. The maximum atomic E-state index is 5.94. The minimum Gasteiger partial charge on any atom is -0.423 e. The minimum absolute atomic E-state index is 0.740. The molecule has 3 heterocycles. The van der Waals surface area contributed by atoms with Gasteiger partial charge in [0.25, 0.3) is 6.01 Å². The summed E-state index contributed by atoms with van der Waals surface area (Å²) >= 11 is 0. The molecule has 0 amide bonds. The topological polar surface area (TPSA) is 61.2 Å². The first kappa shape index (κ1) is 15.4. The van der Waals surface area contributed by atoms with Crippen molar-refractivity contribution in [1.82, 2.24) is 20.1 Å². The number of fused-ring (bicyclic) bond motifs is 2. The van der Waals surface area contributed by atoms with Crippen molar-refractivity contribution in [3.8, 4) is 0 Å². The van der Waals surface area contributed by atoms with Crippen molar-refractivity contribution in [1.29, 1.82) is 0 Å². The SMILES string of the molecule is Cc1ccc2oc(N3CCN(Cc4ccc5cn[nH]c5c4)CC3)nc2c1. The number of piperazine rings is 1. The fourth-order valence-electron chi connectivity index (χ4n) is 3.60. The van der Waals surface area contributed by atoms with Gasteiger partial charge in [0.1, 0.15) is 5.52 Å². The van der Waals surface area contributed by atoms with Crippen LogP contribution in [-0.4, -0.2) is 46.3 Å². The van der Waals surface area contributed by atoms with Crippen molar-refractivity contribution in [3.63, 3.8) is 0 Å². The molecule has 0 saturated carbocycles. The molecule has 0 spiro atoms. The average Bonchev–Trinajstić information content (AvgIpc) is 3.28. The van der Waals surface area contributed by atoms with Gasteiger partial charge in [-0.3, -0.25) is 10.00 Å². The Morgan fingerprint density at radius 2 is 1.96 bits per heavy atom. The Balaban J connectivity index is 1.26. The van der Waals surface area contributed by atoms with E-state index >= 15 is 0 Å². The van der Waals surface area contributed by atoms with Gasteiger partial charge in [0.2, 0.25) is 0 Å². The van der Waals surface area contributed by atoms with Crippen LogP contribution in [0.5, 0.6) is 0 Å². The van der Waals surface area contributed by atoms with Gasteiger partial charge in [0.15, 0.2) is 5.58 Å². The van der Waals surface area contributed by atoms with Gasteiger partial charge < -0.3 is 9.32 Å². The molecule has 1 fully saturated rings. The van der Waals surface area contributed by atoms with Gasteiger partial charge in [-0.2, -0.15) is 10.1 Å². The molecule has 2 aromatic heterocycles. The molecule has 6 heteroatoms. The van der Waals surface area contributed by atoms with Gasteiger partial charge in [-0.25, -0.2) is 0 Å². The van der Waals surface area contributed by atoms with E-state index in [0.29, 0.717) is 0 Å². The van der Waals surface area contributed by atoms with E-state index < -0.39 is 0 Å². The van der Waals surface area contributed by atoms with E-state index in [1.54, 1.807) is 0 Å². The lowest BCUT2D eigenvalue weighted by Crippen LogP contribution is -2.46. The number of H-pyrrole nitrogens is 1. The summed E-state index contributed by atoms with van der Waals surface area (Å²) in [6.45, 7) is 6.89. The highest BCUT2D eigenvalue weighted by molar-refractivity contribution is 5.78. The van der Waals surface area contributed by atoms with E-state index in [1.165, 1.54) is 11.1 Å². The molecule has 1 aliphatic heterocycles. The van der Waals surface area contributed by atoms with Crippen LogP contribution in [0, 0.1) is 6.92 Å². The minimum atomic E-state index is 0.740. The molecular weight excluding hydrogens is 326 g/mol. The van der Waals surface area contributed by atoms with Crippen LogP contribution in [0.2, 0.25) is 0 Å². The summed E-state index contributed by atoms with van der Waals surface area (Å²) in [6.07, 6.45) is 1.86. The van der Waals surface area contributed by atoms with Crippen molar-refractivity contribution in [2.75, 3.05) is 31.1 Å². The first-order valence-electron chi connectivity index (χ1n) is 9.01. The molecule has 132 valence electrons. The number of rotatable bonds is 3. The molecule has 0 aliphatic carbocycles. The van der Waals surface area contributed by atoms with Crippen LogP contribution in [0.25, 0.3) is 22.0 Å². The number of hydrogen-bond donors (Lipinski definition) is 1. The highest BCUT2D eigenvalue weighted by atomic mass is 16.4. The normalized spacial score (nSPS) is 16.0. The maximum Gasteiger partial charge on any atom is 0.298 e. The first-order valence-corrected chi connectivity index (χ1v) is 9.01. The predicted octanol–water partition coefficient (Wildman–Crippen LogP) is 3.33. The fourth-order valence-corrected chi connectivity index (χ4v) is 3.60. The van der Waals surface area contributed by atoms with Crippen LogP contribution < -0.4 is 4.90 Å². The van der Waals surface area contributed by atoms with Crippen LogP contribution in [0.4, 0.5) is 6.01 Å². The zero-order chi connectivity index (χ0) is 17.5. The fraction of sp³-hybridized carbons (Fsp3) is 0.300. The second-order valence-electron chi connectivity index (χ2n) is 7.02. The third-order valence-electron chi connectivity index (χ3n) is 5.09. The van der Waals surface area contributed by atoms with Crippen LogP contribution in [-0.2, 0) is 6.54 Å². The Labute approximate surface area is 151 Å². The summed E-state index contributed by atoms with van der Waals surface area (Å²) < 4.78 is 5.94. The Kier molecular flexibility index (Phi) is 3.64. The summed E-state index contributed by atoms with van der Waals surface area (Å²) in [5.41, 5.74) is 5.42. The number of oxazole rings is 1. The van der Waals surface area contributed by atoms with Gasteiger partial charge in [-0.05, 0) is 36.2 Å². The number of nitrogens with zero attached hydrogens (tertiary/aromatic N) is 4. The number of benzene rings is 2. The average molecular weight is 347 g/mol. The van der Waals surface area contributed by atoms with Gasteiger partial charge in [0, 0.05) is 38.1 Å². The Morgan fingerprint density at radius 3 is 2.85 bits per heavy atom. The van der Waals surface area contributed by atoms with E-state index in [-0.39, 0.29) is 0 Å². The van der Waals surface area contributed by atoms with Crippen LogP contribution in [0.1, 0.15) is 11.1 Å². The molecule has 2 aromatic carbocycles. The Hall–Kier alpha value is -2.86. The second kappa shape index (κ2) is 6.14. The first-order chi connectivity index (χ1) is 12.7. The lowest BCUT2D eigenvalue weighted by Gasteiger charge is -2.33. The number of aryl methyl sites for hydroxylation is 1. The Morgan fingerprint density at radius 1 is 1.08 bits per heavy atom. The summed E-state index contributed by atoms with van der Waals surface area (Å²) in [5, 5.41) is 8.30.